The van der Waals surface area contributed by atoms with E-state index in [2.05, 4.69) is 0 Å². The van der Waals surface area contributed by atoms with E-state index in [1.165, 1.54) is 31.9 Å². The van der Waals surface area contributed by atoms with Gasteiger partial charge in [0.1, 0.15) is 5.78 Å². The van der Waals surface area contributed by atoms with E-state index in [0.717, 1.165) is 31.1 Å². The standard InChI is InChI=1S/C16H27NO3S/c1-21(19,20)17-6-2-3-13(11-17)9-16(18)10-15-8-12-4-5-14(15)7-12/h12-15H,2-11H2,1H3. The first kappa shape index (κ1) is 15.5. The number of sulfonamides is 1. The van der Waals surface area contributed by atoms with Crippen molar-refractivity contribution < 1.29 is 13.2 Å². The van der Waals surface area contributed by atoms with Crippen molar-refractivity contribution in [1.29, 1.82) is 0 Å². The van der Waals surface area contributed by atoms with Crippen LogP contribution in [0, 0.1) is 23.7 Å². The summed E-state index contributed by atoms with van der Waals surface area (Å²) in [6.07, 6.45) is 9.80. The summed E-state index contributed by atoms with van der Waals surface area (Å²) in [5, 5.41) is 0. The summed E-state index contributed by atoms with van der Waals surface area (Å²) in [7, 11) is -3.10. The third kappa shape index (κ3) is 3.67. The molecule has 21 heavy (non-hydrogen) atoms. The third-order valence-corrected chi connectivity index (χ3v) is 7.11. The minimum absolute atomic E-state index is 0.236. The molecule has 3 fully saturated rings. The molecule has 2 aliphatic carbocycles. The van der Waals surface area contributed by atoms with Gasteiger partial charge in [-0.3, -0.25) is 4.79 Å². The van der Waals surface area contributed by atoms with Crippen LogP contribution < -0.4 is 0 Å². The zero-order chi connectivity index (χ0) is 15.0. The molecule has 3 rings (SSSR count). The van der Waals surface area contributed by atoms with Crippen molar-refractivity contribution in [3.05, 3.63) is 0 Å². The van der Waals surface area contributed by atoms with Crippen LogP contribution in [0.15, 0.2) is 0 Å². The number of nitrogens with zero attached hydrogens (tertiary/aromatic N) is 1. The van der Waals surface area contributed by atoms with Crippen LogP contribution in [-0.2, 0) is 14.8 Å². The largest absolute Gasteiger partial charge is 0.300 e. The molecule has 5 heteroatoms. The number of hydrogen-bond donors (Lipinski definition) is 0. The molecule has 0 aromatic rings. The van der Waals surface area contributed by atoms with Gasteiger partial charge in [0.15, 0.2) is 0 Å². The van der Waals surface area contributed by atoms with Crippen LogP contribution in [0.3, 0.4) is 0 Å². The Bertz CT molecular complexity index is 502. The van der Waals surface area contributed by atoms with Crippen LogP contribution in [-0.4, -0.2) is 37.9 Å². The summed E-state index contributed by atoms with van der Waals surface area (Å²) in [6.45, 7) is 1.16. The highest BCUT2D eigenvalue weighted by molar-refractivity contribution is 7.88. The Labute approximate surface area is 128 Å². The SMILES string of the molecule is CS(=O)(=O)N1CCCC(CC(=O)CC2CC3CCC2C3)C1. The monoisotopic (exact) mass is 313 g/mol. The molecule has 0 aromatic heterocycles. The highest BCUT2D eigenvalue weighted by atomic mass is 32.2. The molecule has 0 aromatic carbocycles. The number of hydrogen-bond acceptors (Lipinski definition) is 3. The summed E-state index contributed by atoms with van der Waals surface area (Å²) in [5.41, 5.74) is 0. The van der Waals surface area contributed by atoms with Crippen molar-refractivity contribution in [2.45, 2.75) is 51.4 Å². The van der Waals surface area contributed by atoms with Crippen molar-refractivity contribution in [3.63, 3.8) is 0 Å². The number of fused-ring (bicyclic) bond motifs is 2. The predicted octanol–water partition coefficient (Wildman–Crippen LogP) is 2.44. The zero-order valence-corrected chi connectivity index (χ0v) is 13.8. The normalized spacial score (nSPS) is 37.0. The zero-order valence-electron chi connectivity index (χ0n) is 13.0. The van der Waals surface area contributed by atoms with E-state index < -0.39 is 10.0 Å². The average molecular weight is 313 g/mol. The van der Waals surface area contributed by atoms with Crippen molar-refractivity contribution >= 4 is 15.8 Å². The van der Waals surface area contributed by atoms with Gasteiger partial charge in [0.2, 0.25) is 10.0 Å². The quantitative estimate of drug-likeness (QED) is 0.783. The second-order valence-electron chi connectivity index (χ2n) is 7.51. The van der Waals surface area contributed by atoms with E-state index in [9.17, 15) is 13.2 Å². The molecular weight excluding hydrogens is 286 g/mol. The van der Waals surface area contributed by atoms with E-state index in [1.807, 2.05) is 0 Å². The van der Waals surface area contributed by atoms with Gasteiger partial charge in [-0.1, -0.05) is 6.42 Å². The number of carbonyl (C=O) groups is 1. The maximum atomic E-state index is 12.3. The van der Waals surface area contributed by atoms with Crippen LogP contribution in [0.25, 0.3) is 0 Å². The number of rotatable bonds is 5. The Morgan fingerprint density at radius 2 is 1.95 bits per heavy atom. The maximum absolute atomic E-state index is 12.3. The molecule has 2 saturated carbocycles. The molecule has 1 heterocycles. The van der Waals surface area contributed by atoms with E-state index in [4.69, 9.17) is 0 Å². The second kappa shape index (κ2) is 5.99. The van der Waals surface area contributed by atoms with Crippen LogP contribution in [0.5, 0.6) is 0 Å². The first-order chi connectivity index (χ1) is 9.91. The molecule has 4 atom stereocenters. The van der Waals surface area contributed by atoms with Crippen LogP contribution in [0.2, 0.25) is 0 Å². The van der Waals surface area contributed by atoms with Crippen molar-refractivity contribution in [3.8, 4) is 0 Å². The second-order valence-corrected chi connectivity index (χ2v) is 9.49. The molecule has 120 valence electrons. The van der Waals surface area contributed by atoms with Gasteiger partial charge < -0.3 is 0 Å². The fraction of sp³-hybridized carbons (Fsp3) is 0.938. The summed E-state index contributed by atoms with van der Waals surface area (Å²) in [6, 6.07) is 0. The summed E-state index contributed by atoms with van der Waals surface area (Å²) >= 11 is 0. The lowest BCUT2D eigenvalue weighted by molar-refractivity contribution is -0.121. The Morgan fingerprint density at radius 1 is 1.14 bits per heavy atom. The molecule has 1 saturated heterocycles. The Kier molecular flexibility index (Phi) is 4.42. The molecule has 4 unspecified atom stereocenters. The molecular formula is C16H27NO3S. The van der Waals surface area contributed by atoms with Crippen LogP contribution >= 0.6 is 0 Å². The molecule has 4 nitrogen and oxygen atoms in total. The van der Waals surface area contributed by atoms with Crippen molar-refractivity contribution in [2.75, 3.05) is 19.3 Å². The minimum atomic E-state index is -3.10. The molecule has 0 N–H and O–H groups in total. The molecule has 0 radical (unpaired) electrons. The minimum Gasteiger partial charge on any atom is -0.300 e. The van der Waals surface area contributed by atoms with Gasteiger partial charge in [-0.15, -0.1) is 0 Å². The maximum Gasteiger partial charge on any atom is 0.211 e. The Morgan fingerprint density at radius 3 is 2.57 bits per heavy atom. The number of ketones is 1. The molecule has 0 amide bonds. The first-order valence-corrected chi connectivity index (χ1v) is 10.2. The average Bonchev–Trinajstić information content (AvgIpc) is 3.00. The molecule has 2 bridgehead atoms. The fourth-order valence-electron chi connectivity index (χ4n) is 4.82. The highest BCUT2D eigenvalue weighted by Crippen LogP contribution is 2.49. The molecule has 0 spiro atoms. The lowest BCUT2D eigenvalue weighted by atomic mass is 9.83. The summed E-state index contributed by atoms with van der Waals surface area (Å²) in [4.78, 5) is 12.3. The summed E-state index contributed by atoms with van der Waals surface area (Å²) in [5.74, 6) is 2.93. The van der Waals surface area contributed by atoms with E-state index in [1.54, 1.807) is 4.31 Å². The van der Waals surface area contributed by atoms with Gasteiger partial charge in [-0.05, 0) is 55.8 Å². The number of carbonyl (C=O) groups excluding carboxylic acids is 1. The van der Waals surface area contributed by atoms with Gasteiger partial charge in [0.05, 0.1) is 6.26 Å². The van der Waals surface area contributed by atoms with E-state index in [0.29, 0.717) is 31.2 Å². The molecule has 3 aliphatic rings. The van der Waals surface area contributed by atoms with Crippen LogP contribution in [0.4, 0.5) is 0 Å². The smallest absolute Gasteiger partial charge is 0.211 e. The fourth-order valence-corrected chi connectivity index (χ4v) is 5.76. The number of piperidine rings is 1. The summed E-state index contributed by atoms with van der Waals surface area (Å²) < 4.78 is 24.8. The van der Waals surface area contributed by atoms with Crippen molar-refractivity contribution in [1.82, 2.24) is 4.31 Å². The first-order valence-electron chi connectivity index (χ1n) is 8.38. The Hall–Kier alpha value is -0.420. The van der Waals surface area contributed by atoms with Crippen LogP contribution in [0.1, 0.15) is 51.4 Å². The molecule has 1 aliphatic heterocycles. The predicted molar refractivity (Wildman–Crippen MR) is 82.3 cm³/mol. The van der Waals surface area contributed by atoms with Gasteiger partial charge >= 0.3 is 0 Å². The third-order valence-electron chi connectivity index (χ3n) is 5.84. The van der Waals surface area contributed by atoms with Crippen molar-refractivity contribution in [2.24, 2.45) is 23.7 Å². The lowest BCUT2D eigenvalue weighted by Crippen LogP contribution is -2.39. The highest BCUT2D eigenvalue weighted by Gasteiger charge is 2.40. The topological polar surface area (TPSA) is 54.5 Å². The van der Waals surface area contributed by atoms with E-state index in [-0.39, 0.29) is 5.92 Å². The van der Waals surface area contributed by atoms with E-state index >= 15 is 0 Å². The van der Waals surface area contributed by atoms with Gasteiger partial charge in [0.25, 0.3) is 0 Å². The number of Topliss-reactive ketones (excluding diaryl/α,β-unsaturated/α-hetero) is 1. The van der Waals surface area contributed by atoms with Gasteiger partial charge in [-0.2, -0.15) is 0 Å². The van der Waals surface area contributed by atoms with Gasteiger partial charge in [0, 0.05) is 25.9 Å². The van der Waals surface area contributed by atoms with Gasteiger partial charge in [-0.25, -0.2) is 12.7 Å². The lowest BCUT2D eigenvalue weighted by Gasteiger charge is -2.31. The Balaban J connectivity index is 1.48.